The van der Waals surface area contributed by atoms with E-state index in [4.69, 9.17) is 14.7 Å². The molecule has 17 heteroatoms. The molecule has 0 N–H and O–H groups in total. The van der Waals surface area contributed by atoms with E-state index in [9.17, 15) is 27.4 Å². The SMILES string of the molecule is CC(=O)Oc1cccc(-c2nc3ccccc3c(=O)n2Cc2cn(CCCCn3c(-c4cccc(OS(=O)(=O)[O-])c4)nc4ccccc4c3=O)nn2)c1.[Na+]. The van der Waals surface area contributed by atoms with E-state index in [2.05, 4.69) is 14.5 Å². The fraction of sp³-hybridized carbons (Fsp3) is 0.162. The minimum Gasteiger partial charge on any atom is -0.716 e. The smallest absolute Gasteiger partial charge is 0.716 e. The summed E-state index contributed by atoms with van der Waals surface area (Å²) in [7, 11) is -5.01. The normalized spacial score (nSPS) is 11.4. The zero-order valence-corrected chi connectivity index (χ0v) is 32.0. The number of fused-ring (bicyclic) bond motifs is 2. The Morgan fingerprint density at radius 2 is 1.30 bits per heavy atom. The number of hydrogen-bond donors (Lipinski definition) is 0. The molecule has 0 radical (unpaired) electrons. The van der Waals surface area contributed by atoms with Gasteiger partial charge in [-0.1, -0.05) is 53.7 Å². The van der Waals surface area contributed by atoms with Crippen molar-refractivity contribution in [3.63, 3.8) is 0 Å². The molecule has 0 aliphatic heterocycles. The maximum absolute atomic E-state index is 13.8. The molecule has 0 atom stereocenters. The Labute approximate surface area is 330 Å². The molecule has 0 unspecified atom stereocenters. The van der Waals surface area contributed by atoms with Crippen molar-refractivity contribution in [2.75, 3.05) is 0 Å². The van der Waals surface area contributed by atoms with Crippen LogP contribution in [-0.4, -0.2) is 53.0 Å². The van der Waals surface area contributed by atoms with E-state index >= 15 is 0 Å². The Hall–Kier alpha value is -5.52. The zero-order valence-electron chi connectivity index (χ0n) is 29.2. The molecule has 268 valence electrons. The predicted octanol–water partition coefficient (Wildman–Crippen LogP) is 1.33. The summed E-state index contributed by atoms with van der Waals surface area (Å²) >= 11 is 0. The third-order valence-corrected chi connectivity index (χ3v) is 8.69. The maximum Gasteiger partial charge on any atom is 1.00 e. The molecule has 4 aromatic carbocycles. The van der Waals surface area contributed by atoms with E-state index in [1.165, 1.54) is 34.3 Å². The Morgan fingerprint density at radius 3 is 1.93 bits per heavy atom. The van der Waals surface area contributed by atoms with Crippen LogP contribution in [0.1, 0.15) is 25.5 Å². The first-order chi connectivity index (χ1) is 25.5. The standard InChI is InChI=1S/C37H31N7O8S.Na/c1-24(45)51-28-12-8-10-25(20-28)35-39-33-17-5-3-15-31(33)37(47)44(35)23-27-22-42(41-40-27)18-6-7-19-43-34(38-32-16-4-2-14-30(32)36(43)46)26-11-9-13-29(21-26)52-53(48,49)50;/h2-5,8-17,20-22H,6-7,18-19,23H2,1H3,(H,48,49,50);/q;+1/p-1. The van der Waals surface area contributed by atoms with Gasteiger partial charge in [0.05, 0.1) is 34.5 Å². The first-order valence-corrected chi connectivity index (χ1v) is 17.8. The Balaban J connectivity index is 0.00000497. The second kappa shape index (κ2) is 16.2. The number of carbonyl (C=O) groups excluding carboxylic acids is 1. The molecule has 0 spiro atoms. The summed E-state index contributed by atoms with van der Waals surface area (Å²) in [4.78, 5) is 48.5. The van der Waals surface area contributed by atoms with Crippen LogP contribution in [-0.2, 0) is 34.8 Å². The van der Waals surface area contributed by atoms with Crippen LogP contribution < -0.4 is 49.6 Å². The van der Waals surface area contributed by atoms with E-state index in [0.29, 0.717) is 69.6 Å². The molecule has 54 heavy (non-hydrogen) atoms. The molecule has 0 aliphatic carbocycles. The maximum atomic E-state index is 13.8. The minimum atomic E-state index is -5.01. The first-order valence-electron chi connectivity index (χ1n) is 16.5. The van der Waals surface area contributed by atoms with Gasteiger partial charge in [-0.15, -0.1) is 5.10 Å². The molecule has 7 rings (SSSR count). The summed E-state index contributed by atoms with van der Waals surface area (Å²) in [5, 5.41) is 9.43. The van der Waals surface area contributed by atoms with Crippen LogP contribution in [0.15, 0.2) is 113 Å². The van der Waals surface area contributed by atoms with Gasteiger partial charge >= 0.3 is 35.5 Å². The number of unbranched alkanes of at least 4 members (excludes halogenated alkanes) is 1. The van der Waals surface area contributed by atoms with E-state index in [1.807, 2.05) is 0 Å². The average molecular weight is 756 g/mol. The van der Waals surface area contributed by atoms with Crippen LogP contribution in [0.3, 0.4) is 0 Å². The number of benzene rings is 4. The number of nitrogens with zero attached hydrogens (tertiary/aromatic N) is 7. The van der Waals surface area contributed by atoms with E-state index < -0.39 is 16.4 Å². The van der Waals surface area contributed by atoms with Crippen molar-refractivity contribution in [2.45, 2.75) is 39.4 Å². The van der Waals surface area contributed by atoms with Gasteiger partial charge < -0.3 is 13.5 Å². The van der Waals surface area contributed by atoms with Crippen LogP contribution in [0.25, 0.3) is 44.6 Å². The summed E-state index contributed by atoms with van der Waals surface area (Å²) in [6.45, 7) is 2.10. The molecule has 3 heterocycles. The number of hydrogen-bond acceptors (Lipinski definition) is 12. The van der Waals surface area contributed by atoms with E-state index in [0.717, 1.165) is 0 Å². The number of rotatable bonds is 12. The molecule has 0 fully saturated rings. The molecule has 0 saturated heterocycles. The molecule has 0 saturated carbocycles. The summed E-state index contributed by atoms with van der Waals surface area (Å²) in [5.74, 6) is 0.308. The van der Waals surface area contributed by atoms with Crippen LogP contribution in [0.5, 0.6) is 11.5 Å². The van der Waals surface area contributed by atoms with Crippen LogP contribution in [0, 0.1) is 0 Å². The third-order valence-electron chi connectivity index (χ3n) is 8.29. The Bertz CT molecular complexity index is 2750. The van der Waals surface area contributed by atoms with Gasteiger partial charge in [-0.2, -0.15) is 0 Å². The third kappa shape index (κ3) is 8.64. The van der Waals surface area contributed by atoms with Crippen molar-refractivity contribution >= 4 is 38.2 Å². The quantitative estimate of drug-likeness (QED) is 0.0435. The fourth-order valence-corrected chi connectivity index (χ4v) is 6.37. The zero-order chi connectivity index (χ0) is 37.1. The summed E-state index contributed by atoms with van der Waals surface area (Å²) < 4.78 is 48.1. The molecule has 15 nitrogen and oxygen atoms in total. The van der Waals surface area contributed by atoms with Crippen molar-refractivity contribution < 1.29 is 56.2 Å². The van der Waals surface area contributed by atoms with E-state index in [-0.39, 0.29) is 65.3 Å². The molecular formula is C37H30N7NaO8S. The molecule has 0 aliphatic rings. The minimum absolute atomic E-state index is 0. The van der Waals surface area contributed by atoms with Crippen LogP contribution >= 0.6 is 0 Å². The van der Waals surface area contributed by atoms with Crippen LogP contribution in [0.2, 0.25) is 0 Å². The van der Waals surface area contributed by atoms with Gasteiger partial charge in [0.15, 0.2) is 0 Å². The number of aromatic nitrogens is 7. The molecular weight excluding hydrogens is 726 g/mol. The number of carbonyl (C=O) groups is 1. The largest absolute Gasteiger partial charge is 1.00 e. The number of ether oxygens (including phenoxy) is 1. The average Bonchev–Trinajstić information content (AvgIpc) is 3.58. The van der Waals surface area contributed by atoms with Gasteiger partial charge in [0, 0.05) is 31.1 Å². The van der Waals surface area contributed by atoms with Gasteiger partial charge in [-0.05, 0) is 61.4 Å². The predicted molar refractivity (Wildman–Crippen MR) is 193 cm³/mol. The number of aryl methyl sites for hydroxylation is 1. The fourth-order valence-electron chi connectivity index (χ4n) is 6.03. The van der Waals surface area contributed by atoms with Crippen molar-refractivity contribution in [2.24, 2.45) is 0 Å². The van der Waals surface area contributed by atoms with Gasteiger partial charge in [-0.3, -0.25) is 28.2 Å². The molecule has 0 bridgehead atoms. The van der Waals surface area contributed by atoms with Crippen molar-refractivity contribution in [3.8, 4) is 34.3 Å². The molecule has 7 aromatic rings. The van der Waals surface area contributed by atoms with Crippen molar-refractivity contribution in [1.82, 2.24) is 34.1 Å². The monoisotopic (exact) mass is 755 g/mol. The van der Waals surface area contributed by atoms with Gasteiger partial charge in [0.25, 0.3) is 21.5 Å². The summed E-state index contributed by atoms with van der Waals surface area (Å²) in [6.07, 6.45) is 2.86. The first kappa shape index (κ1) is 38.2. The van der Waals surface area contributed by atoms with Gasteiger partial charge in [0.1, 0.15) is 28.8 Å². The second-order valence-corrected chi connectivity index (χ2v) is 13.1. The van der Waals surface area contributed by atoms with Gasteiger partial charge in [-0.25, -0.2) is 18.4 Å². The number of para-hydroxylation sites is 2. The second-order valence-electron chi connectivity index (χ2n) is 12.1. The van der Waals surface area contributed by atoms with Crippen LogP contribution in [0.4, 0.5) is 0 Å². The summed E-state index contributed by atoms with van der Waals surface area (Å²) in [6, 6.07) is 26.5. The Kier molecular flexibility index (Phi) is 11.5. The van der Waals surface area contributed by atoms with E-state index in [1.54, 1.807) is 89.7 Å². The van der Waals surface area contributed by atoms with Crippen molar-refractivity contribution in [3.05, 3.63) is 130 Å². The van der Waals surface area contributed by atoms with Crippen molar-refractivity contribution in [1.29, 1.82) is 0 Å². The topological polar surface area (TPSA) is 193 Å². The molecule has 0 amide bonds. The summed E-state index contributed by atoms with van der Waals surface area (Å²) in [5.41, 5.74) is 1.92. The number of esters is 1. The molecule has 3 aromatic heterocycles. The Morgan fingerprint density at radius 1 is 0.741 bits per heavy atom. The van der Waals surface area contributed by atoms with Gasteiger partial charge in [0.2, 0.25) is 0 Å².